The van der Waals surface area contributed by atoms with Gasteiger partial charge >= 0.3 is 5.97 Å². The largest absolute Gasteiger partial charge is 0.461 e. The lowest BCUT2D eigenvalue weighted by Crippen LogP contribution is -2.08. The van der Waals surface area contributed by atoms with Crippen molar-refractivity contribution in [3.8, 4) is 0 Å². The number of fused-ring (bicyclic) bond motifs is 1. The molecule has 0 aromatic carbocycles. The molecule has 0 aliphatic heterocycles. The Hall–Kier alpha value is -1.08. The predicted octanol–water partition coefficient (Wildman–Crippen LogP) is 1.87. The third-order valence-electron chi connectivity index (χ3n) is 2.27. The van der Waals surface area contributed by atoms with E-state index in [1.54, 1.807) is 0 Å². The monoisotopic (exact) mass is 209 g/mol. The average Bonchev–Trinajstić information content (AvgIpc) is 2.69. The summed E-state index contributed by atoms with van der Waals surface area (Å²) in [7, 11) is 2.54. The van der Waals surface area contributed by atoms with Gasteiger partial charge < -0.3 is 9.07 Å². The Bertz CT molecular complexity index is 406. The molecular weight excluding hydrogens is 197 g/mol. The van der Waals surface area contributed by atoms with Gasteiger partial charge in [-0.2, -0.15) is 0 Å². The van der Waals surface area contributed by atoms with E-state index in [9.17, 15) is 4.79 Å². The van der Waals surface area contributed by atoms with Crippen LogP contribution in [0.5, 0.6) is 0 Å². The molecule has 2 rings (SSSR count). The standard InChI is InChI=1S/C10H12NO2P/c1-2-13-10(12)9-6-7-4-3-5-8(7)11(9)14/h3-4,6H,2,5,14H2,1H3. The molecule has 0 bridgehead atoms. The Morgan fingerprint density at radius 1 is 1.71 bits per heavy atom. The predicted molar refractivity (Wildman–Crippen MR) is 58.2 cm³/mol. The van der Waals surface area contributed by atoms with Crippen molar-refractivity contribution >= 4 is 21.4 Å². The molecule has 0 spiro atoms. The molecule has 74 valence electrons. The van der Waals surface area contributed by atoms with Crippen molar-refractivity contribution in [3.63, 3.8) is 0 Å². The molecule has 3 nitrogen and oxygen atoms in total. The van der Waals surface area contributed by atoms with Crippen molar-refractivity contribution in [1.82, 2.24) is 4.34 Å². The van der Waals surface area contributed by atoms with Crippen molar-refractivity contribution in [1.29, 1.82) is 0 Å². The van der Waals surface area contributed by atoms with Gasteiger partial charge in [-0.3, -0.25) is 0 Å². The highest BCUT2D eigenvalue weighted by Gasteiger charge is 2.18. The second-order valence-electron chi connectivity index (χ2n) is 3.13. The third-order valence-corrected chi connectivity index (χ3v) is 2.86. The number of hydrogen-bond donors (Lipinski definition) is 0. The van der Waals surface area contributed by atoms with Gasteiger partial charge in [0.25, 0.3) is 0 Å². The molecule has 14 heavy (non-hydrogen) atoms. The Morgan fingerprint density at radius 2 is 2.50 bits per heavy atom. The molecule has 1 atom stereocenters. The summed E-state index contributed by atoms with van der Waals surface area (Å²) in [5, 5.41) is 0. The highest BCUT2D eigenvalue weighted by Crippen LogP contribution is 2.26. The number of carbonyl (C=O) groups is 1. The van der Waals surface area contributed by atoms with Gasteiger partial charge in [-0.15, -0.1) is 0 Å². The number of nitrogens with zero attached hydrogens (tertiary/aromatic N) is 1. The molecule has 1 unspecified atom stereocenters. The molecule has 0 radical (unpaired) electrons. The fourth-order valence-electron chi connectivity index (χ4n) is 1.60. The van der Waals surface area contributed by atoms with Crippen LogP contribution in [0, 0.1) is 0 Å². The van der Waals surface area contributed by atoms with Crippen LogP contribution in [-0.2, 0) is 11.2 Å². The average molecular weight is 209 g/mol. The van der Waals surface area contributed by atoms with E-state index in [0.29, 0.717) is 12.3 Å². The van der Waals surface area contributed by atoms with Gasteiger partial charge in [0.15, 0.2) is 0 Å². The summed E-state index contributed by atoms with van der Waals surface area (Å²) in [6, 6.07) is 1.86. The van der Waals surface area contributed by atoms with Gasteiger partial charge in [-0.1, -0.05) is 12.2 Å². The van der Waals surface area contributed by atoms with E-state index in [1.807, 2.05) is 23.4 Å². The zero-order valence-corrected chi connectivity index (χ0v) is 9.14. The molecular formula is C10H12NO2P. The lowest BCUT2D eigenvalue weighted by Gasteiger charge is -2.04. The normalized spacial score (nSPS) is 13.0. The molecule has 1 aromatic rings. The maximum atomic E-state index is 11.5. The van der Waals surface area contributed by atoms with Crippen LogP contribution in [0.3, 0.4) is 0 Å². The van der Waals surface area contributed by atoms with Gasteiger partial charge in [0.05, 0.1) is 6.61 Å². The van der Waals surface area contributed by atoms with E-state index in [2.05, 4.69) is 15.5 Å². The van der Waals surface area contributed by atoms with Crippen LogP contribution < -0.4 is 0 Å². The fourth-order valence-corrected chi connectivity index (χ4v) is 2.04. The van der Waals surface area contributed by atoms with Crippen molar-refractivity contribution in [2.24, 2.45) is 0 Å². The number of carbonyl (C=O) groups excluding carboxylic acids is 1. The van der Waals surface area contributed by atoms with Gasteiger partial charge in [0.1, 0.15) is 5.69 Å². The number of aromatic nitrogens is 1. The first-order valence-corrected chi connectivity index (χ1v) is 5.09. The Balaban J connectivity index is 2.36. The maximum Gasteiger partial charge on any atom is 0.355 e. The molecule has 0 fully saturated rings. The van der Waals surface area contributed by atoms with Crippen molar-refractivity contribution < 1.29 is 9.53 Å². The molecule has 0 saturated carbocycles. The SMILES string of the molecule is CCOC(=O)c1cc2c(n1P)CC=C2. The minimum Gasteiger partial charge on any atom is -0.461 e. The van der Waals surface area contributed by atoms with Crippen LogP contribution in [0.2, 0.25) is 0 Å². The first-order valence-electron chi connectivity index (χ1n) is 4.57. The summed E-state index contributed by atoms with van der Waals surface area (Å²) in [5.41, 5.74) is 2.87. The van der Waals surface area contributed by atoms with Crippen molar-refractivity contribution in [2.75, 3.05) is 6.61 Å². The quantitative estimate of drug-likeness (QED) is 0.550. The summed E-state index contributed by atoms with van der Waals surface area (Å²) in [4.78, 5) is 11.5. The van der Waals surface area contributed by atoms with Gasteiger partial charge in [-0.05, 0) is 27.9 Å². The summed E-state index contributed by atoms with van der Waals surface area (Å²) < 4.78 is 6.78. The molecule has 4 heteroatoms. The second-order valence-corrected chi connectivity index (χ2v) is 3.64. The number of hydrogen-bond acceptors (Lipinski definition) is 2. The van der Waals surface area contributed by atoms with E-state index in [-0.39, 0.29) is 5.97 Å². The molecule has 1 aliphatic rings. The van der Waals surface area contributed by atoms with Crippen LogP contribution >= 0.6 is 9.39 Å². The van der Waals surface area contributed by atoms with Crippen LogP contribution in [0.1, 0.15) is 28.7 Å². The summed E-state index contributed by atoms with van der Waals surface area (Å²) in [6.07, 6.45) is 5.00. The lowest BCUT2D eigenvalue weighted by atomic mass is 10.3. The zero-order chi connectivity index (χ0) is 10.1. The summed E-state index contributed by atoms with van der Waals surface area (Å²) in [5.74, 6) is -0.259. The zero-order valence-electron chi connectivity index (χ0n) is 7.99. The maximum absolute atomic E-state index is 11.5. The molecule has 1 aromatic heterocycles. The molecule has 0 amide bonds. The Morgan fingerprint density at radius 3 is 3.14 bits per heavy atom. The first-order chi connectivity index (χ1) is 6.74. The summed E-state index contributed by atoms with van der Waals surface area (Å²) >= 11 is 0. The highest BCUT2D eigenvalue weighted by molar-refractivity contribution is 7.14. The van der Waals surface area contributed by atoms with Gasteiger partial charge in [-0.25, -0.2) is 4.79 Å². The number of allylic oxidation sites excluding steroid dienone is 1. The minimum atomic E-state index is -0.259. The Kier molecular flexibility index (Phi) is 2.42. The van der Waals surface area contributed by atoms with Crippen LogP contribution in [0.4, 0.5) is 0 Å². The molecule has 0 N–H and O–H groups in total. The van der Waals surface area contributed by atoms with E-state index in [0.717, 1.165) is 17.7 Å². The number of esters is 1. The minimum absolute atomic E-state index is 0.259. The van der Waals surface area contributed by atoms with E-state index in [1.165, 1.54) is 0 Å². The molecule has 1 aliphatic carbocycles. The fraction of sp³-hybridized carbons (Fsp3) is 0.300. The van der Waals surface area contributed by atoms with E-state index < -0.39 is 0 Å². The van der Waals surface area contributed by atoms with E-state index in [4.69, 9.17) is 4.74 Å². The highest BCUT2D eigenvalue weighted by atomic mass is 31.0. The van der Waals surface area contributed by atoms with Crippen molar-refractivity contribution in [2.45, 2.75) is 13.3 Å². The number of rotatable bonds is 2. The van der Waals surface area contributed by atoms with Gasteiger partial charge in [0, 0.05) is 12.1 Å². The summed E-state index contributed by atoms with van der Waals surface area (Å²) in [6.45, 7) is 2.22. The molecule has 0 saturated heterocycles. The lowest BCUT2D eigenvalue weighted by molar-refractivity contribution is 0.0518. The van der Waals surface area contributed by atoms with Crippen LogP contribution in [-0.4, -0.2) is 16.9 Å². The van der Waals surface area contributed by atoms with E-state index >= 15 is 0 Å². The van der Waals surface area contributed by atoms with Crippen molar-refractivity contribution in [3.05, 3.63) is 29.1 Å². The molecule has 1 heterocycles. The third kappa shape index (κ3) is 1.38. The first kappa shape index (κ1) is 9.47. The topological polar surface area (TPSA) is 31.2 Å². The number of ether oxygens (including phenoxy) is 1. The Labute approximate surface area is 85.0 Å². The smallest absolute Gasteiger partial charge is 0.355 e. The van der Waals surface area contributed by atoms with Crippen LogP contribution in [0.15, 0.2) is 12.1 Å². The van der Waals surface area contributed by atoms with Gasteiger partial charge in [0.2, 0.25) is 0 Å². The second kappa shape index (κ2) is 3.58. The van der Waals surface area contributed by atoms with Crippen LogP contribution in [0.25, 0.3) is 6.08 Å².